The Balaban J connectivity index is 1.52. The Morgan fingerprint density at radius 3 is 2.64 bits per heavy atom. The van der Waals surface area contributed by atoms with Crippen molar-refractivity contribution >= 4 is 29.4 Å². The molecule has 0 saturated heterocycles. The molecule has 1 N–H and O–H groups in total. The fraction of sp³-hybridized carbons (Fsp3) is 0.318. The first-order valence-electron chi connectivity index (χ1n) is 9.29. The zero-order valence-corrected chi connectivity index (χ0v) is 16.3. The van der Waals surface area contributed by atoms with Gasteiger partial charge in [0.1, 0.15) is 0 Å². The van der Waals surface area contributed by atoms with Gasteiger partial charge < -0.3 is 14.6 Å². The van der Waals surface area contributed by atoms with Crippen molar-refractivity contribution < 1.29 is 19.1 Å². The number of hydrogen-bond donors (Lipinski definition) is 1. The van der Waals surface area contributed by atoms with Crippen LogP contribution in [0.1, 0.15) is 53.1 Å². The SMILES string of the molecule is CC(=O)c1cccc(NC(=O)COC(=O)/C=C/c2cc(C)n(C3CC3)c2C)c1. The lowest BCUT2D eigenvalue weighted by Gasteiger charge is -2.07. The molecular formula is C22H24N2O4. The Labute approximate surface area is 164 Å². The van der Waals surface area contributed by atoms with E-state index in [1.807, 2.05) is 13.0 Å². The molecule has 3 rings (SSSR count). The molecule has 1 aliphatic rings. The summed E-state index contributed by atoms with van der Waals surface area (Å²) in [7, 11) is 0. The van der Waals surface area contributed by atoms with Gasteiger partial charge in [-0.05, 0) is 63.5 Å². The standard InChI is InChI=1S/C22H24N2O4/c1-14-11-17(15(2)24(14)20-8-9-20)7-10-22(27)28-13-21(26)23-19-6-4-5-18(12-19)16(3)25/h4-7,10-12,20H,8-9,13H2,1-3H3,(H,23,26)/b10-7+. The average Bonchev–Trinajstić information content (AvgIpc) is 3.44. The molecule has 1 aromatic carbocycles. The number of nitrogens with one attached hydrogen (secondary N) is 1. The van der Waals surface area contributed by atoms with E-state index in [9.17, 15) is 14.4 Å². The minimum absolute atomic E-state index is 0.0892. The number of ketones is 1. The molecule has 0 unspecified atom stereocenters. The van der Waals surface area contributed by atoms with Crippen LogP contribution in [0, 0.1) is 13.8 Å². The summed E-state index contributed by atoms with van der Waals surface area (Å²) < 4.78 is 7.30. The Morgan fingerprint density at radius 1 is 1.21 bits per heavy atom. The van der Waals surface area contributed by atoms with Gasteiger partial charge in [-0.3, -0.25) is 9.59 Å². The van der Waals surface area contributed by atoms with Crippen LogP contribution in [-0.2, 0) is 14.3 Å². The molecule has 1 heterocycles. The predicted molar refractivity (Wildman–Crippen MR) is 107 cm³/mol. The number of anilines is 1. The van der Waals surface area contributed by atoms with E-state index in [1.165, 1.54) is 31.5 Å². The maximum atomic E-state index is 12.0. The van der Waals surface area contributed by atoms with Gasteiger partial charge in [-0.2, -0.15) is 0 Å². The number of ether oxygens (including phenoxy) is 1. The van der Waals surface area contributed by atoms with Gasteiger partial charge in [-0.25, -0.2) is 4.79 Å². The number of rotatable bonds is 7. The van der Waals surface area contributed by atoms with Gasteiger partial charge in [-0.1, -0.05) is 12.1 Å². The first-order chi connectivity index (χ1) is 13.3. The number of esters is 1. The van der Waals surface area contributed by atoms with E-state index in [0.717, 1.165) is 11.3 Å². The molecule has 6 heteroatoms. The van der Waals surface area contributed by atoms with E-state index in [2.05, 4.69) is 16.8 Å². The molecule has 1 amide bonds. The topological polar surface area (TPSA) is 77.4 Å². The number of aryl methyl sites for hydroxylation is 1. The molecule has 1 aliphatic carbocycles. The second-order valence-electron chi connectivity index (χ2n) is 7.05. The van der Waals surface area contributed by atoms with Crippen LogP contribution in [0.4, 0.5) is 5.69 Å². The Bertz CT molecular complexity index is 951. The Hall–Kier alpha value is -3.15. The van der Waals surface area contributed by atoms with Crippen molar-refractivity contribution in [1.82, 2.24) is 4.57 Å². The molecule has 1 fully saturated rings. The van der Waals surface area contributed by atoms with Crippen molar-refractivity contribution in [3.8, 4) is 0 Å². The van der Waals surface area contributed by atoms with Crippen LogP contribution in [0.2, 0.25) is 0 Å². The van der Waals surface area contributed by atoms with E-state index in [4.69, 9.17) is 4.74 Å². The fourth-order valence-corrected chi connectivity index (χ4v) is 3.22. The number of carbonyl (C=O) groups excluding carboxylic acids is 3. The molecule has 0 radical (unpaired) electrons. The van der Waals surface area contributed by atoms with E-state index in [1.54, 1.807) is 30.3 Å². The van der Waals surface area contributed by atoms with E-state index < -0.39 is 18.5 Å². The van der Waals surface area contributed by atoms with Gasteiger partial charge in [0, 0.05) is 34.8 Å². The van der Waals surface area contributed by atoms with E-state index in [-0.39, 0.29) is 5.78 Å². The molecule has 28 heavy (non-hydrogen) atoms. The fourth-order valence-electron chi connectivity index (χ4n) is 3.22. The summed E-state index contributed by atoms with van der Waals surface area (Å²) in [5.41, 5.74) is 4.28. The highest BCUT2D eigenvalue weighted by Gasteiger charge is 2.26. The van der Waals surface area contributed by atoms with Crippen molar-refractivity contribution in [2.24, 2.45) is 0 Å². The normalized spacial score (nSPS) is 13.5. The maximum absolute atomic E-state index is 12.0. The van der Waals surface area contributed by atoms with Crippen LogP contribution in [-0.4, -0.2) is 28.8 Å². The number of Topliss-reactive ketones (excluding diaryl/α,β-unsaturated/α-hetero) is 1. The highest BCUT2D eigenvalue weighted by atomic mass is 16.5. The Morgan fingerprint density at radius 2 is 1.96 bits per heavy atom. The predicted octanol–water partition coefficient (Wildman–Crippen LogP) is 3.84. The molecule has 0 aliphatic heterocycles. The summed E-state index contributed by atoms with van der Waals surface area (Å²) in [6, 6.07) is 9.23. The molecule has 0 bridgehead atoms. The van der Waals surface area contributed by atoms with Gasteiger partial charge >= 0.3 is 5.97 Å². The number of hydrogen-bond acceptors (Lipinski definition) is 4. The molecule has 146 valence electrons. The molecule has 1 saturated carbocycles. The average molecular weight is 380 g/mol. The third-order valence-corrected chi connectivity index (χ3v) is 4.73. The van der Waals surface area contributed by atoms with Crippen LogP contribution in [0.15, 0.2) is 36.4 Å². The molecule has 6 nitrogen and oxygen atoms in total. The lowest BCUT2D eigenvalue weighted by atomic mass is 10.1. The molecule has 1 aromatic heterocycles. The van der Waals surface area contributed by atoms with Crippen molar-refractivity contribution in [3.05, 3.63) is 58.9 Å². The van der Waals surface area contributed by atoms with Gasteiger partial charge in [0.05, 0.1) is 0 Å². The van der Waals surface area contributed by atoms with Gasteiger partial charge in [-0.15, -0.1) is 0 Å². The van der Waals surface area contributed by atoms with E-state index >= 15 is 0 Å². The third kappa shape index (κ3) is 4.76. The van der Waals surface area contributed by atoms with Crippen LogP contribution in [0.3, 0.4) is 0 Å². The van der Waals surface area contributed by atoms with Crippen molar-refractivity contribution in [2.75, 3.05) is 11.9 Å². The second kappa shape index (κ2) is 8.25. The van der Waals surface area contributed by atoms with Gasteiger partial charge in [0.25, 0.3) is 5.91 Å². The summed E-state index contributed by atoms with van der Waals surface area (Å²) in [4.78, 5) is 35.3. The summed E-state index contributed by atoms with van der Waals surface area (Å²) in [6.07, 6.45) is 5.46. The van der Waals surface area contributed by atoms with Crippen molar-refractivity contribution in [2.45, 2.75) is 39.7 Å². The number of amides is 1. The van der Waals surface area contributed by atoms with Crippen molar-refractivity contribution in [1.29, 1.82) is 0 Å². The van der Waals surface area contributed by atoms with E-state index in [0.29, 0.717) is 17.3 Å². The Kier molecular flexibility index (Phi) is 5.78. The largest absolute Gasteiger partial charge is 0.452 e. The highest BCUT2D eigenvalue weighted by Crippen LogP contribution is 2.38. The minimum Gasteiger partial charge on any atom is -0.452 e. The lowest BCUT2D eigenvalue weighted by molar-refractivity contribution is -0.142. The number of nitrogens with zero attached hydrogens (tertiary/aromatic N) is 1. The van der Waals surface area contributed by atoms with Crippen LogP contribution >= 0.6 is 0 Å². The smallest absolute Gasteiger partial charge is 0.331 e. The maximum Gasteiger partial charge on any atom is 0.331 e. The van der Waals surface area contributed by atoms with Gasteiger partial charge in [0.15, 0.2) is 12.4 Å². The van der Waals surface area contributed by atoms with Crippen molar-refractivity contribution in [3.63, 3.8) is 0 Å². The van der Waals surface area contributed by atoms with Crippen LogP contribution in [0.25, 0.3) is 6.08 Å². The first kappa shape index (κ1) is 19.6. The number of carbonyl (C=O) groups is 3. The first-order valence-corrected chi connectivity index (χ1v) is 9.29. The summed E-state index contributed by atoms with van der Waals surface area (Å²) in [5, 5.41) is 2.61. The number of benzene rings is 1. The van der Waals surface area contributed by atoms with Crippen LogP contribution in [0.5, 0.6) is 0 Å². The summed E-state index contributed by atoms with van der Waals surface area (Å²) in [5.74, 6) is -1.13. The molecule has 0 spiro atoms. The zero-order valence-electron chi connectivity index (χ0n) is 16.3. The molecule has 2 aromatic rings. The highest BCUT2D eigenvalue weighted by molar-refractivity contribution is 5.98. The minimum atomic E-state index is -0.580. The number of aromatic nitrogens is 1. The van der Waals surface area contributed by atoms with Crippen LogP contribution < -0.4 is 5.32 Å². The second-order valence-corrected chi connectivity index (χ2v) is 7.05. The zero-order chi connectivity index (χ0) is 20.3. The quantitative estimate of drug-likeness (QED) is 0.450. The lowest BCUT2D eigenvalue weighted by Crippen LogP contribution is -2.20. The summed E-state index contributed by atoms with van der Waals surface area (Å²) >= 11 is 0. The summed E-state index contributed by atoms with van der Waals surface area (Å²) in [6.45, 7) is 5.16. The van der Waals surface area contributed by atoms with Gasteiger partial charge in [0.2, 0.25) is 0 Å². The molecular weight excluding hydrogens is 356 g/mol. The monoisotopic (exact) mass is 380 g/mol. The molecule has 0 atom stereocenters. The third-order valence-electron chi connectivity index (χ3n) is 4.73.